The number of hydrogen-bond donors (Lipinski definition) is 2. The van der Waals surface area contributed by atoms with Gasteiger partial charge in [-0.15, -0.1) is 0 Å². The molecule has 0 saturated carbocycles. The number of hydrogen-bond acceptors (Lipinski definition) is 5. The van der Waals surface area contributed by atoms with Crippen molar-refractivity contribution in [3.8, 4) is 11.5 Å². The number of carbonyl (C=O) groups excluding carboxylic acids is 1. The van der Waals surface area contributed by atoms with Crippen LogP contribution in [0.15, 0.2) is 66.9 Å². The minimum absolute atomic E-state index is 0.146. The lowest BCUT2D eigenvalue weighted by atomic mass is 10.3. The van der Waals surface area contributed by atoms with E-state index in [1.807, 2.05) is 30.3 Å². The van der Waals surface area contributed by atoms with Crippen molar-refractivity contribution in [2.45, 2.75) is 0 Å². The predicted octanol–water partition coefficient (Wildman–Crippen LogP) is 4.50. The molecule has 0 fully saturated rings. The van der Waals surface area contributed by atoms with Crippen molar-refractivity contribution < 1.29 is 14.3 Å². The third-order valence-corrected chi connectivity index (χ3v) is 3.84. The number of aromatic nitrogens is 1. The van der Waals surface area contributed by atoms with Gasteiger partial charge in [-0.05, 0) is 48.5 Å². The maximum Gasteiger partial charge on any atom is 0.263 e. The summed E-state index contributed by atoms with van der Waals surface area (Å²) in [6, 6.07) is 18.0. The Morgan fingerprint density at radius 2 is 1.70 bits per heavy atom. The van der Waals surface area contributed by atoms with E-state index in [0.29, 0.717) is 22.3 Å². The zero-order valence-electron chi connectivity index (χ0n) is 14.6. The number of anilines is 3. The number of ether oxygens (including phenoxy) is 2. The second-order valence-corrected chi connectivity index (χ2v) is 5.99. The minimum atomic E-state index is -0.313. The molecule has 2 N–H and O–H groups in total. The second-order valence-electron chi connectivity index (χ2n) is 5.55. The number of carbonyl (C=O) groups is 1. The smallest absolute Gasteiger partial charge is 0.263 e. The Kier molecular flexibility index (Phi) is 6.12. The topological polar surface area (TPSA) is 72.5 Å². The lowest BCUT2D eigenvalue weighted by Crippen LogP contribution is -2.20. The van der Waals surface area contributed by atoms with Crippen LogP contribution in [0.2, 0.25) is 5.02 Å². The molecule has 6 nitrogen and oxygen atoms in total. The van der Waals surface area contributed by atoms with Crippen molar-refractivity contribution in [1.29, 1.82) is 0 Å². The van der Waals surface area contributed by atoms with E-state index >= 15 is 0 Å². The zero-order valence-corrected chi connectivity index (χ0v) is 15.4. The number of benzene rings is 2. The SMILES string of the molecule is COc1ccccc1OCC(=O)Nc1ccc(Nc2ccc(Cl)cc2)cn1. The Hall–Kier alpha value is -3.25. The van der Waals surface area contributed by atoms with Crippen molar-refractivity contribution >= 4 is 34.7 Å². The Balaban J connectivity index is 1.53. The molecule has 0 saturated heterocycles. The average molecular weight is 384 g/mol. The van der Waals surface area contributed by atoms with Gasteiger partial charge in [0.2, 0.25) is 0 Å². The van der Waals surface area contributed by atoms with E-state index in [1.165, 1.54) is 0 Å². The van der Waals surface area contributed by atoms with Gasteiger partial charge in [-0.3, -0.25) is 4.79 Å². The van der Waals surface area contributed by atoms with Crippen LogP contribution in [0.5, 0.6) is 11.5 Å². The van der Waals surface area contributed by atoms with Crippen LogP contribution >= 0.6 is 11.6 Å². The number of halogens is 1. The summed E-state index contributed by atoms with van der Waals surface area (Å²) < 4.78 is 10.7. The molecule has 138 valence electrons. The highest BCUT2D eigenvalue weighted by atomic mass is 35.5. The summed E-state index contributed by atoms with van der Waals surface area (Å²) >= 11 is 5.87. The molecule has 0 unspecified atom stereocenters. The van der Waals surface area contributed by atoms with Crippen LogP contribution in [0.3, 0.4) is 0 Å². The van der Waals surface area contributed by atoms with Gasteiger partial charge in [-0.25, -0.2) is 4.98 Å². The first-order chi connectivity index (χ1) is 13.1. The molecule has 1 amide bonds. The average Bonchev–Trinajstić information content (AvgIpc) is 2.70. The van der Waals surface area contributed by atoms with Gasteiger partial charge < -0.3 is 20.1 Å². The number of rotatable bonds is 7. The van der Waals surface area contributed by atoms with Crippen LogP contribution in [0.1, 0.15) is 0 Å². The van der Waals surface area contributed by atoms with Crippen LogP contribution in [0, 0.1) is 0 Å². The molecule has 1 heterocycles. The number of methoxy groups -OCH3 is 1. The Labute approximate surface area is 162 Å². The molecule has 0 atom stereocenters. The molecule has 3 aromatic rings. The van der Waals surface area contributed by atoms with Crippen LogP contribution in [0.4, 0.5) is 17.2 Å². The molecule has 0 spiro atoms. The summed E-state index contributed by atoms with van der Waals surface area (Å²) in [6.45, 7) is -0.146. The van der Waals surface area contributed by atoms with E-state index in [2.05, 4.69) is 15.6 Å². The predicted molar refractivity (Wildman–Crippen MR) is 106 cm³/mol. The molecule has 27 heavy (non-hydrogen) atoms. The Morgan fingerprint density at radius 1 is 1.00 bits per heavy atom. The molecule has 7 heteroatoms. The van der Waals surface area contributed by atoms with Gasteiger partial charge in [-0.2, -0.15) is 0 Å². The van der Waals surface area contributed by atoms with Crippen molar-refractivity contribution in [3.05, 3.63) is 71.9 Å². The maximum absolute atomic E-state index is 12.0. The van der Waals surface area contributed by atoms with Gasteiger partial charge in [0, 0.05) is 10.7 Å². The van der Waals surface area contributed by atoms with E-state index in [4.69, 9.17) is 21.1 Å². The number of amides is 1. The Bertz CT molecular complexity index is 899. The number of nitrogens with zero attached hydrogens (tertiary/aromatic N) is 1. The van der Waals surface area contributed by atoms with Crippen molar-refractivity contribution in [2.24, 2.45) is 0 Å². The fourth-order valence-electron chi connectivity index (χ4n) is 2.30. The Morgan fingerprint density at radius 3 is 2.37 bits per heavy atom. The molecule has 3 rings (SSSR count). The summed E-state index contributed by atoms with van der Waals surface area (Å²) in [6.07, 6.45) is 1.63. The minimum Gasteiger partial charge on any atom is -0.493 e. The highest BCUT2D eigenvalue weighted by Gasteiger charge is 2.08. The lowest BCUT2D eigenvalue weighted by Gasteiger charge is -2.11. The normalized spacial score (nSPS) is 10.1. The quantitative estimate of drug-likeness (QED) is 0.628. The third kappa shape index (κ3) is 5.36. The summed E-state index contributed by atoms with van der Waals surface area (Å²) in [7, 11) is 1.55. The van der Waals surface area contributed by atoms with E-state index in [9.17, 15) is 4.79 Å². The maximum atomic E-state index is 12.0. The standard InChI is InChI=1S/C20H18ClN3O3/c1-26-17-4-2-3-5-18(17)27-13-20(25)24-19-11-10-16(12-22-19)23-15-8-6-14(21)7-9-15/h2-12,23H,13H2,1H3,(H,22,24,25). The van der Waals surface area contributed by atoms with Crippen LogP contribution in [0.25, 0.3) is 0 Å². The van der Waals surface area contributed by atoms with Gasteiger partial charge in [0.1, 0.15) is 5.82 Å². The first-order valence-corrected chi connectivity index (χ1v) is 8.56. The monoisotopic (exact) mass is 383 g/mol. The highest BCUT2D eigenvalue weighted by molar-refractivity contribution is 6.30. The molecule has 0 bridgehead atoms. The molecule has 0 radical (unpaired) electrons. The molecule has 1 aromatic heterocycles. The van der Waals surface area contributed by atoms with Crippen LogP contribution < -0.4 is 20.1 Å². The van der Waals surface area contributed by atoms with Crippen LogP contribution in [-0.4, -0.2) is 24.6 Å². The third-order valence-electron chi connectivity index (χ3n) is 3.59. The summed E-state index contributed by atoms with van der Waals surface area (Å²) in [4.78, 5) is 16.3. The summed E-state index contributed by atoms with van der Waals surface area (Å²) in [5.41, 5.74) is 1.68. The van der Waals surface area contributed by atoms with Gasteiger partial charge in [0.05, 0.1) is 19.0 Å². The highest BCUT2D eigenvalue weighted by Crippen LogP contribution is 2.25. The van der Waals surface area contributed by atoms with E-state index in [0.717, 1.165) is 11.4 Å². The van der Waals surface area contributed by atoms with E-state index < -0.39 is 0 Å². The summed E-state index contributed by atoms with van der Waals surface area (Å²) in [5.74, 6) is 1.20. The zero-order chi connectivity index (χ0) is 19.1. The van der Waals surface area contributed by atoms with Gasteiger partial charge in [0.15, 0.2) is 18.1 Å². The lowest BCUT2D eigenvalue weighted by molar-refractivity contribution is -0.118. The molecule has 2 aromatic carbocycles. The first kappa shape index (κ1) is 18.5. The van der Waals surface area contributed by atoms with Gasteiger partial charge in [0.25, 0.3) is 5.91 Å². The fourth-order valence-corrected chi connectivity index (χ4v) is 2.43. The largest absolute Gasteiger partial charge is 0.493 e. The number of nitrogens with one attached hydrogen (secondary N) is 2. The molecular weight excluding hydrogens is 366 g/mol. The summed E-state index contributed by atoms with van der Waals surface area (Å²) in [5, 5.41) is 6.56. The van der Waals surface area contributed by atoms with Crippen molar-refractivity contribution in [1.82, 2.24) is 4.98 Å². The first-order valence-electron chi connectivity index (χ1n) is 8.18. The van der Waals surface area contributed by atoms with Gasteiger partial charge >= 0.3 is 0 Å². The van der Waals surface area contributed by atoms with E-state index in [1.54, 1.807) is 43.6 Å². The number of pyridine rings is 1. The molecular formula is C20H18ClN3O3. The van der Waals surface area contributed by atoms with E-state index in [-0.39, 0.29) is 12.5 Å². The number of para-hydroxylation sites is 2. The van der Waals surface area contributed by atoms with Crippen molar-refractivity contribution in [3.63, 3.8) is 0 Å². The molecule has 0 aliphatic rings. The molecule has 0 aliphatic heterocycles. The molecule has 0 aliphatic carbocycles. The fraction of sp³-hybridized carbons (Fsp3) is 0.100. The second kappa shape index (κ2) is 8.91. The van der Waals surface area contributed by atoms with Crippen LogP contribution in [-0.2, 0) is 4.79 Å². The van der Waals surface area contributed by atoms with Crippen molar-refractivity contribution in [2.75, 3.05) is 24.4 Å². The van der Waals surface area contributed by atoms with Gasteiger partial charge in [-0.1, -0.05) is 23.7 Å².